The number of anilines is 2. The predicted molar refractivity (Wildman–Crippen MR) is 90.9 cm³/mol. The van der Waals surface area contributed by atoms with Crippen molar-refractivity contribution in [1.82, 2.24) is 9.78 Å². The molecule has 0 bridgehead atoms. The van der Waals surface area contributed by atoms with Crippen LogP contribution in [0.5, 0.6) is 0 Å². The molecule has 2 aromatic rings. The Bertz CT molecular complexity index is 915. The first kappa shape index (κ1) is 19.0. The van der Waals surface area contributed by atoms with E-state index >= 15 is 0 Å². The molecule has 0 aliphatic carbocycles. The Kier molecular flexibility index (Phi) is 4.72. The van der Waals surface area contributed by atoms with Gasteiger partial charge in [-0.05, 0) is 6.07 Å². The number of aromatic nitrogens is 2. The quantitative estimate of drug-likeness (QED) is 0.581. The molecule has 2 heterocycles. The normalized spacial score (nSPS) is 15.4. The fraction of sp³-hybridized carbons (Fsp3) is 0.333. The number of piperazine rings is 1. The summed E-state index contributed by atoms with van der Waals surface area (Å²) in [4.78, 5) is 25.6. The predicted octanol–water partition coefficient (Wildman–Crippen LogP) is 2.85. The van der Waals surface area contributed by atoms with Crippen molar-refractivity contribution in [2.24, 2.45) is 7.05 Å². The third-order valence-corrected chi connectivity index (χ3v) is 4.44. The van der Waals surface area contributed by atoms with Crippen LogP contribution in [0.3, 0.4) is 0 Å². The fourth-order valence-electron chi connectivity index (χ4n) is 2.87. The minimum absolute atomic E-state index is 0.128. The number of nitro groups is 1. The first-order valence-electron chi connectivity index (χ1n) is 7.67. The number of amides is 1. The molecule has 12 heteroatoms. The highest BCUT2D eigenvalue weighted by Gasteiger charge is 2.38. The number of carbonyl (C=O) groups excluding carboxylic acids is 1. The van der Waals surface area contributed by atoms with Gasteiger partial charge in [0, 0.05) is 32.4 Å². The minimum atomic E-state index is -4.82. The molecular weight excluding hydrogens is 391 g/mol. The summed E-state index contributed by atoms with van der Waals surface area (Å²) in [7, 11) is 1.69. The Hall–Kier alpha value is -2.82. The number of benzene rings is 1. The molecule has 0 atom stereocenters. The highest BCUT2D eigenvalue weighted by atomic mass is 35.5. The molecule has 1 aromatic carbocycles. The van der Waals surface area contributed by atoms with Gasteiger partial charge in [0.05, 0.1) is 33.9 Å². The smallest absolute Gasteiger partial charge is 0.355 e. The van der Waals surface area contributed by atoms with Crippen molar-refractivity contribution in [3.05, 3.63) is 45.2 Å². The first-order valence-corrected chi connectivity index (χ1v) is 8.05. The van der Waals surface area contributed by atoms with Crippen LogP contribution in [0.4, 0.5) is 30.2 Å². The van der Waals surface area contributed by atoms with Crippen molar-refractivity contribution in [2.45, 2.75) is 6.18 Å². The van der Waals surface area contributed by atoms with E-state index in [9.17, 15) is 28.1 Å². The molecule has 3 rings (SSSR count). The van der Waals surface area contributed by atoms with E-state index in [1.165, 1.54) is 20.7 Å². The Morgan fingerprint density at radius 2 is 2.00 bits per heavy atom. The van der Waals surface area contributed by atoms with Gasteiger partial charge in [-0.1, -0.05) is 11.6 Å². The SMILES string of the molecule is Cn1cc(N2CCN(c3cc(Cl)c(C(F)(F)F)cc3[N+](=O)[O-])CC2=O)cn1. The summed E-state index contributed by atoms with van der Waals surface area (Å²) in [5.74, 6) is -0.362. The van der Waals surface area contributed by atoms with Gasteiger partial charge >= 0.3 is 6.18 Å². The van der Waals surface area contributed by atoms with Gasteiger partial charge in [-0.2, -0.15) is 18.3 Å². The van der Waals surface area contributed by atoms with Gasteiger partial charge in [-0.15, -0.1) is 0 Å². The average molecular weight is 404 g/mol. The highest BCUT2D eigenvalue weighted by molar-refractivity contribution is 6.32. The molecule has 0 unspecified atom stereocenters. The van der Waals surface area contributed by atoms with Crippen molar-refractivity contribution in [2.75, 3.05) is 29.4 Å². The Morgan fingerprint density at radius 3 is 2.52 bits per heavy atom. The van der Waals surface area contributed by atoms with Gasteiger partial charge in [0.2, 0.25) is 5.91 Å². The zero-order valence-corrected chi connectivity index (χ0v) is 14.7. The van der Waals surface area contributed by atoms with Gasteiger partial charge < -0.3 is 9.80 Å². The van der Waals surface area contributed by atoms with Crippen LogP contribution in [0.2, 0.25) is 5.02 Å². The second-order valence-electron chi connectivity index (χ2n) is 5.91. The number of hydrogen-bond donors (Lipinski definition) is 0. The van der Waals surface area contributed by atoms with Gasteiger partial charge in [0.15, 0.2) is 0 Å². The van der Waals surface area contributed by atoms with Crippen LogP contribution in [0.1, 0.15) is 5.56 Å². The van der Waals surface area contributed by atoms with Crippen molar-refractivity contribution < 1.29 is 22.9 Å². The minimum Gasteiger partial charge on any atom is -0.355 e. The van der Waals surface area contributed by atoms with Crippen molar-refractivity contribution in [3.8, 4) is 0 Å². The molecule has 1 amide bonds. The lowest BCUT2D eigenvalue weighted by molar-refractivity contribution is -0.384. The van der Waals surface area contributed by atoms with Crippen LogP contribution in [0.15, 0.2) is 24.5 Å². The average Bonchev–Trinajstić information content (AvgIpc) is 2.99. The molecule has 1 aliphatic rings. The number of alkyl halides is 3. The maximum atomic E-state index is 13.0. The molecule has 0 N–H and O–H groups in total. The van der Waals surface area contributed by atoms with Crippen LogP contribution < -0.4 is 9.80 Å². The summed E-state index contributed by atoms with van der Waals surface area (Å²) in [6.45, 7) is 0.140. The topological polar surface area (TPSA) is 84.5 Å². The third kappa shape index (κ3) is 3.68. The zero-order chi connectivity index (χ0) is 19.9. The molecule has 1 aromatic heterocycles. The van der Waals surface area contributed by atoms with Crippen LogP contribution in [-0.2, 0) is 18.0 Å². The summed E-state index contributed by atoms with van der Waals surface area (Å²) in [5, 5.41) is 14.6. The Morgan fingerprint density at radius 1 is 1.30 bits per heavy atom. The maximum absolute atomic E-state index is 13.0. The van der Waals surface area contributed by atoms with Crippen molar-refractivity contribution in [3.63, 3.8) is 0 Å². The van der Waals surface area contributed by atoms with Gasteiger partial charge in [0.25, 0.3) is 5.69 Å². The lowest BCUT2D eigenvalue weighted by Gasteiger charge is -2.34. The summed E-state index contributed by atoms with van der Waals surface area (Å²) in [6, 6.07) is 1.28. The van der Waals surface area contributed by atoms with Gasteiger partial charge in [-0.25, -0.2) is 0 Å². The second kappa shape index (κ2) is 6.72. The second-order valence-corrected chi connectivity index (χ2v) is 6.32. The summed E-state index contributed by atoms with van der Waals surface area (Å²) in [6.07, 6.45) is -1.68. The van der Waals surface area contributed by atoms with E-state index in [4.69, 9.17) is 11.6 Å². The molecule has 1 saturated heterocycles. The van der Waals surface area contributed by atoms with E-state index in [0.717, 1.165) is 6.07 Å². The van der Waals surface area contributed by atoms with Crippen LogP contribution in [0, 0.1) is 10.1 Å². The third-order valence-electron chi connectivity index (χ3n) is 4.13. The molecule has 27 heavy (non-hydrogen) atoms. The van der Waals surface area contributed by atoms with Crippen LogP contribution in [0.25, 0.3) is 0 Å². The molecule has 0 radical (unpaired) electrons. The van der Waals surface area contributed by atoms with E-state index in [2.05, 4.69) is 5.10 Å². The standard InChI is InChI=1S/C15H13ClF3N5O3/c1-21-7-9(6-20-21)23-3-2-22(8-14(23)25)12-5-11(16)10(15(17,18)19)4-13(12)24(26)27/h4-7H,2-3,8H2,1H3. The number of hydrogen-bond acceptors (Lipinski definition) is 5. The number of halogens is 4. The summed E-state index contributed by atoms with van der Waals surface area (Å²) >= 11 is 5.70. The molecule has 1 fully saturated rings. The Balaban J connectivity index is 1.92. The number of nitro benzene ring substituents is 1. The zero-order valence-electron chi connectivity index (χ0n) is 13.9. The Labute approximate surface area is 155 Å². The first-order chi connectivity index (χ1) is 12.6. The van der Waals surface area contributed by atoms with Gasteiger partial charge in [0.1, 0.15) is 5.69 Å². The highest BCUT2D eigenvalue weighted by Crippen LogP contribution is 2.41. The lowest BCUT2D eigenvalue weighted by atomic mass is 10.1. The summed E-state index contributed by atoms with van der Waals surface area (Å²) in [5.41, 5.74) is -1.60. The van der Waals surface area contributed by atoms with Crippen LogP contribution in [-0.4, -0.2) is 40.2 Å². The van der Waals surface area contributed by atoms with Crippen molar-refractivity contribution >= 4 is 34.6 Å². The number of nitrogens with zero attached hydrogens (tertiary/aromatic N) is 5. The van der Waals surface area contributed by atoms with E-state index < -0.39 is 27.4 Å². The molecule has 144 valence electrons. The van der Waals surface area contributed by atoms with E-state index in [1.54, 1.807) is 13.2 Å². The number of carbonyl (C=O) groups is 1. The van der Waals surface area contributed by atoms with Crippen molar-refractivity contribution in [1.29, 1.82) is 0 Å². The maximum Gasteiger partial charge on any atom is 0.418 e. The summed E-state index contributed by atoms with van der Waals surface area (Å²) < 4.78 is 40.5. The van der Waals surface area contributed by atoms with E-state index in [0.29, 0.717) is 11.8 Å². The molecule has 0 spiro atoms. The number of rotatable bonds is 3. The largest absolute Gasteiger partial charge is 0.418 e. The van der Waals surface area contributed by atoms with Gasteiger partial charge in [-0.3, -0.25) is 19.6 Å². The monoisotopic (exact) mass is 403 g/mol. The number of aryl methyl sites for hydroxylation is 1. The van der Waals surface area contributed by atoms with E-state index in [1.807, 2.05) is 0 Å². The van der Waals surface area contributed by atoms with E-state index in [-0.39, 0.29) is 31.2 Å². The molecule has 0 saturated carbocycles. The molecule has 1 aliphatic heterocycles. The van der Waals surface area contributed by atoms with Crippen LogP contribution >= 0.6 is 11.6 Å². The lowest BCUT2D eigenvalue weighted by Crippen LogP contribution is -2.50. The molecular formula is C15H13ClF3N5O3. The fourth-order valence-corrected chi connectivity index (χ4v) is 3.13. The molecule has 8 nitrogen and oxygen atoms in total.